The summed E-state index contributed by atoms with van der Waals surface area (Å²) in [7, 11) is 0. The topological polar surface area (TPSA) is 58.6 Å². The van der Waals surface area contributed by atoms with Crippen LogP contribution in [0.5, 0.6) is 5.75 Å². The van der Waals surface area contributed by atoms with Gasteiger partial charge in [-0.05, 0) is 50.6 Å². The van der Waals surface area contributed by atoms with E-state index in [0.717, 1.165) is 6.42 Å². The molecule has 0 saturated carbocycles. The fourth-order valence-corrected chi connectivity index (χ4v) is 2.74. The van der Waals surface area contributed by atoms with Crippen molar-refractivity contribution < 1.29 is 18.7 Å². The van der Waals surface area contributed by atoms with E-state index in [9.17, 15) is 14.0 Å². The zero-order chi connectivity index (χ0) is 21.4. The Hall–Kier alpha value is -2.60. The van der Waals surface area contributed by atoms with E-state index in [2.05, 4.69) is 5.32 Å². The highest BCUT2D eigenvalue weighted by atomic mass is 35.5. The van der Waals surface area contributed by atoms with Gasteiger partial charge in [-0.1, -0.05) is 36.7 Å². The summed E-state index contributed by atoms with van der Waals surface area (Å²) in [6, 6.07) is 12.0. The highest BCUT2D eigenvalue weighted by Gasteiger charge is 2.27. The zero-order valence-electron chi connectivity index (χ0n) is 16.8. The largest absolute Gasteiger partial charge is 0.484 e. The molecule has 2 atom stereocenters. The van der Waals surface area contributed by atoms with E-state index in [4.69, 9.17) is 16.3 Å². The molecular formula is C22H26ClFN2O3. The van der Waals surface area contributed by atoms with Crippen LogP contribution in [0.25, 0.3) is 0 Å². The number of rotatable bonds is 9. The van der Waals surface area contributed by atoms with Crippen LogP contribution in [0.15, 0.2) is 48.5 Å². The molecule has 156 valence electrons. The lowest BCUT2D eigenvalue weighted by Gasteiger charge is -2.29. The Bertz CT molecular complexity index is 829. The highest BCUT2D eigenvalue weighted by Crippen LogP contribution is 2.17. The van der Waals surface area contributed by atoms with Crippen LogP contribution < -0.4 is 10.1 Å². The summed E-state index contributed by atoms with van der Waals surface area (Å²) in [5.41, 5.74) is 0.329. The van der Waals surface area contributed by atoms with Crippen LogP contribution in [0.4, 0.5) is 4.39 Å². The molecule has 0 heterocycles. The van der Waals surface area contributed by atoms with Gasteiger partial charge in [0.1, 0.15) is 17.6 Å². The summed E-state index contributed by atoms with van der Waals surface area (Å²) in [5, 5.41) is 3.42. The fourth-order valence-electron chi connectivity index (χ4n) is 2.62. The van der Waals surface area contributed by atoms with Gasteiger partial charge >= 0.3 is 0 Å². The second kappa shape index (κ2) is 10.8. The molecule has 7 heteroatoms. The average molecular weight is 421 g/mol. The van der Waals surface area contributed by atoms with Crippen molar-refractivity contribution in [2.45, 2.75) is 45.8 Å². The summed E-state index contributed by atoms with van der Waals surface area (Å²) in [6.45, 7) is 5.15. The maximum absolute atomic E-state index is 14.1. The first-order valence-electron chi connectivity index (χ1n) is 9.53. The Morgan fingerprint density at radius 2 is 1.79 bits per heavy atom. The number of halogens is 2. The van der Waals surface area contributed by atoms with E-state index in [1.165, 1.54) is 11.0 Å². The molecule has 0 aliphatic carbocycles. The van der Waals surface area contributed by atoms with Gasteiger partial charge in [0.05, 0.1) is 0 Å². The molecular weight excluding hydrogens is 395 g/mol. The number of carbonyl (C=O) groups excluding carboxylic acids is 2. The van der Waals surface area contributed by atoms with Crippen molar-refractivity contribution in [3.05, 3.63) is 64.9 Å². The number of hydrogen-bond acceptors (Lipinski definition) is 3. The van der Waals surface area contributed by atoms with Gasteiger partial charge in [0.15, 0.2) is 6.61 Å². The van der Waals surface area contributed by atoms with Crippen molar-refractivity contribution in [2.24, 2.45) is 0 Å². The maximum atomic E-state index is 14.1. The number of nitrogens with one attached hydrogen (secondary N) is 1. The first kappa shape index (κ1) is 22.7. The van der Waals surface area contributed by atoms with E-state index < -0.39 is 17.8 Å². The molecule has 0 fully saturated rings. The van der Waals surface area contributed by atoms with E-state index in [1.54, 1.807) is 49.4 Å². The Balaban J connectivity index is 2.15. The lowest BCUT2D eigenvalue weighted by Crippen LogP contribution is -2.50. The Labute approximate surface area is 175 Å². The summed E-state index contributed by atoms with van der Waals surface area (Å²) in [4.78, 5) is 26.8. The zero-order valence-corrected chi connectivity index (χ0v) is 17.6. The van der Waals surface area contributed by atoms with E-state index in [-0.39, 0.29) is 25.1 Å². The number of amides is 2. The number of carbonyl (C=O) groups is 2. The summed E-state index contributed by atoms with van der Waals surface area (Å²) >= 11 is 5.85. The van der Waals surface area contributed by atoms with Crippen molar-refractivity contribution in [3.63, 3.8) is 0 Å². The molecule has 29 heavy (non-hydrogen) atoms. The second-order valence-corrected chi connectivity index (χ2v) is 7.29. The fraction of sp³-hybridized carbons (Fsp3) is 0.364. The predicted molar refractivity (Wildman–Crippen MR) is 111 cm³/mol. The van der Waals surface area contributed by atoms with Crippen LogP contribution in [0, 0.1) is 5.82 Å². The lowest BCUT2D eigenvalue weighted by molar-refractivity contribution is -0.142. The smallest absolute Gasteiger partial charge is 0.261 e. The third-order valence-corrected chi connectivity index (χ3v) is 4.89. The average Bonchev–Trinajstić information content (AvgIpc) is 2.71. The predicted octanol–water partition coefficient (Wildman–Crippen LogP) is 4.19. The van der Waals surface area contributed by atoms with Gasteiger partial charge < -0.3 is 15.0 Å². The molecule has 2 amide bonds. The molecule has 0 unspecified atom stereocenters. The molecule has 0 saturated heterocycles. The summed E-state index contributed by atoms with van der Waals surface area (Å²) < 4.78 is 19.7. The molecule has 0 aliphatic rings. The molecule has 0 bridgehead atoms. The van der Waals surface area contributed by atoms with E-state index in [0.29, 0.717) is 16.3 Å². The minimum Gasteiger partial charge on any atom is -0.484 e. The minimum absolute atomic E-state index is 0.0271. The van der Waals surface area contributed by atoms with Crippen molar-refractivity contribution in [2.75, 3.05) is 6.61 Å². The maximum Gasteiger partial charge on any atom is 0.261 e. The van der Waals surface area contributed by atoms with Crippen LogP contribution in [0.3, 0.4) is 0 Å². The molecule has 2 aromatic carbocycles. The molecule has 0 aromatic heterocycles. The highest BCUT2D eigenvalue weighted by molar-refractivity contribution is 6.30. The standard InChI is InChI=1S/C22H26ClFN2O3/c1-4-15(2)25-22(28)16(3)26(13-17-7-5-6-8-20(17)24)21(27)14-29-19-11-9-18(23)10-12-19/h5-12,15-16H,4,13-14H2,1-3H3,(H,25,28)/t15-,16+/m1/s1. The van der Waals surface area contributed by atoms with Crippen LogP contribution in [0.1, 0.15) is 32.8 Å². The van der Waals surface area contributed by atoms with Gasteiger partial charge in [-0.15, -0.1) is 0 Å². The third-order valence-electron chi connectivity index (χ3n) is 4.64. The van der Waals surface area contributed by atoms with Crippen LogP contribution >= 0.6 is 11.6 Å². The molecule has 0 spiro atoms. The van der Waals surface area contributed by atoms with Gasteiger partial charge in [0, 0.05) is 23.2 Å². The SMILES string of the molecule is CC[C@@H](C)NC(=O)[C@H](C)N(Cc1ccccc1F)C(=O)COc1ccc(Cl)cc1. The molecule has 0 aliphatic heterocycles. The molecule has 2 aromatic rings. The third kappa shape index (κ3) is 6.75. The van der Waals surface area contributed by atoms with Gasteiger partial charge in [-0.3, -0.25) is 9.59 Å². The van der Waals surface area contributed by atoms with Gasteiger partial charge in [-0.2, -0.15) is 0 Å². The number of hydrogen-bond donors (Lipinski definition) is 1. The van der Waals surface area contributed by atoms with Crippen LogP contribution in [-0.2, 0) is 16.1 Å². The number of ether oxygens (including phenoxy) is 1. The van der Waals surface area contributed by atoms with Crippen LogP contribution in [0.2, 0.25) is 5.02 Å². The molecule has 2 rings (SSSR count). The van der Waals surface area contributed by atoms with Crippen molar-refractivity contribution in [1.29, 1.82) is 0 Å². The van der Waals surface area contributed by atoms with Crippen molar-refractivity contribution in [1.82, 2.24) is 10.2 Å². The van der Waals surface area contributed by atoms with Crippen LogP contribution in [-0.4, -0.2) is 35.4 Å². The first-order chi connectivity index (χ1) is 13.8. The first-order valence-corrected chi connectivity index (χ1v) is 9.91. The summed E-state index contributed by atoms with van der Waals surface area (Å²) in [5.74, 6) is -0.672. The number of benzene rings is 2. The van der Waals surface area contributed by atoms with Gasteiger partial charge in [0.25, 0.3) is 5.91 Å². The molecule has 0 radical (unpaired) electrons. The summed E-state index contributed by atoms with van der Waals surface area (Å²) in [6.07, 6.45) is 0.763. The van der Waals surface area contributed by atoms with E-state index in [1.807, 2.05) is 13.8 Å². The monoisotopic (exact) mass is 420 g/mol. The van der Waals surface area contributed by atoms with Crippen molar-refractivity contribution in [3.8, 4) is 5.75 Å². The Morgan fingerprint density at radius 1 is 1.14 bits per heavy atom. The second-order valence-electron chi connectivity index (χ2n) is 6.85. The quantitative estimate of drug-likeness (QED) is 0.661. The van der Waals surface area contributed by atoms with E-state index >= 15 is 0 Å². The lowest BCUT2D eigenvalue weighted by atomic mass is 10.1. The number of nitrogens with zero attached hydrogens (tertiary/aromatic N) is 1. The minimum atomic E-state index is -0.787. The van der Waals surface area contributed by atoms with Gasteiger partial charge in [-0.25, -0.2) is 4.39 Å². The van der Waals surface area contributed by atoms with Gasteiger partial charge in [0.2, 0.25) is 5.91 Å². The molecule has 5 nitrogen and oxygen atoms in total. The Morgan fingerprint density at radius 3 is 2.41 bits per heavy atom. The molecule has 1 N–H and O–H groups in total. The van der Waals surface area contributed by atoms with Crippen molar-refractivity contribution >= 4 is 23.4 Å². The Kier molecular flexibility index (Phi) is 8.46. The normalized spacial score (nSPS) is 12.7.